The predicted octanol–water partition coefficient (Wildman–Crippen LogP) is 1.85. The zero-order chi connectivity index (χ0) is 21.8. The molecule has 0 bridgehead atoms. The van der Waals surface area contributed by atoms with E-state index in [1.165, 1.54) is 0 Å². The minimum absolute atomic E-state index is 0.0593. The van der Waals surface area contributed by atoms with Crippen molar-refractivity contribution in [3.8, 4) is 0 Å². The van der Waals surface area contributed by atoms with Crippen LogP contribution in [0.3, 0.4) is 0 Å². The SMILES string of the molecule is CCC(Cn1c(=O)n(CC)c(=O)n(CC)c1=O)OC(O)c1cccc2ccccc12. The van der Waals surface area contributed by atoms with E-state index < -0.39 is 29.5 Å². The van der Waals surface area contributed by atoms with Crippen LogP contribution in [-0.2, 0) is 24.4 Å². The van der Waals surface area contributed by atoms with Gasteiger partial charge in [0.15, 0.2) is 6.29 Å². The average Bonchev–Trinajstić information content (AvgIpc) is 2.76. The Kier molecular flexibility index (Phi) is 6.69. The number of fused-ring (bicyclic) bond motifs is 1. The topological polar surface area (TPSA) is 95.5 Å². The van der Waals surface area contributed by atoms with Gasteiger partial charge in [0.2, 0.25) is 0 Å². The maximum atomic E-state index is 12.7. The molecule has 2 unspecified atom stereocenters. The maximum Gasteiger partial charge on any atom is 0.336 e. The molecule has 8 heteroatoms. The van der Waals surface area contributed by atoms with Crippen LogP contribution < -0.4 is 17.1 Å². The van der Waals surface area contributed by atoms with Gasteiger partial charge in [-0.3, -0.25) is 0 Å². The molecular formula is C22H27N3O5. The van der Waals surface area contributed by atoms with Crippen LogP contribution in [0.1, 0.15) is 39.0 Å². The van der Waals surface area contributed by atoms with Gasteiger partial charge in [-0.1, -0.05) is 49.4 Å². The second kappa shape index (κ2) is 9.23. The summed E-state index contributed by atoms with van der Waals surface area (Å²) in [5, 5.41) is 12.6. The summed E-state index contributed by atoms with van der Waals surface area (Å²) in [5.74, 6) is 0. The van der Waals surface area contributed by atoms with Crippen LogP contribution in [0.15, 0.2) is 56.8 Å². The van der Waals surface area contributed by atoms with Crippen LogP contribution in [0, 0.1) is 0 Å². The van der Waals surface area contributed by atoms with Gasteiger partial charge >= 0.3 is 17.1 Å². The monoisotopic (exact) mass is 413 g/mol. The number of rotatable bonds is 8. The van der Waals surface area contributed by atoms with Crippen LogP contribution in [-0.4, -0.2) is 24.9 Å². The van der Waals surface area contributed by atoms with Gasteiger partial charge in [0.25, 0.3) is 0 Å². The smallest absolute Gasteiger partial charge is 0.336 e. The third-order valence-corrected chi connectivity index (χ3v) is 5.27. The lowest BCUT2D eigenvalue weighted by atomic mass is 10.0. The molecule has 160 valence electrons. The van der Waals surface area contributed by atoms with E-state index >= 15 is 0 Å². The molecule has 2 atom stereocenters. The van der Waals surface area contributed by atoms with E-state index in [1.54, 1.807) is 19.9 Å². The molecule has 1 aromatic heterocycles. The maximum absolute atomic E-state index is 12.7. The van der Waals surface area contributed by atoms with E-state index in [-0.39, 0.29) is 19.6 Å². The highest BCUT2D eigenvalue weighted by Crippen LogP contribution is 2.26. The van der Waals surface area contributed by atoms with E-state index in [2.05, 4.69) is 0 Å². The van der Waals surface area contributed by atoms with E-state index in [1.807, 2.05) is 43.3 Å². The Morgan fingerprint density at radius 1 is 0.833 bits per heavy atom. The lowest BCUT2D eigenvalue weighted by Gasteiger charge is -2.23. The molecular weight excluding hydrogens is 386 g/mol. The van der Waals surface area contributed by atoms with Gasteiger partial charge in [-0.2, -0.15) is 0 Å². The van der Waals surface area contributed by atoms with Crippen LogP contribution in [0.5, 0.6) is 0 Å². The summed E-state index contributed by atoms with van der Waals surface area (Å²) < 4.78 is 8.91. The van der Waals surface area contributed by atoms with Crippen LogP contribution >= 0.6 is 0 Å². The van der Waals surface area contributed by atoms with Crippen molar-refractivity contribution in [3.05, 3.63) is 79.5 Å². The van der Waals surface area contributed by atoms with Gasteiger partial charge in [0, 0.05) is 18.7 Å². The first-order valence-corrected chi connectivity index (χ1v) is 10.2. The normalized spacial score (nSPS) is 13.5. The average molecular weight is 413 g/mol. The van der Waals surface area contributed by atoms with Crippen LogP contribution in [0.2, 0.25) is 0 Å². The highest BCUT2D eigenvalue weighted by molar-refractivity contribution is 5.85. The molecule has 3 rings (SSSR count). The summed E-state index contributed by atoms with van der Waals surface area (Å²) in [7, 11) is 0. The third kappa shape index (κ3) is 4.01. The quantitative estimate of drug-likeness (QED) is 0.569. The molecule has 0 amide bonds. The number of hydrogen-bond acceptors (Lipinski definition) is 5. The van der Waals surface area contributed by atoms with Crippen molar-refractivity contribution >= 4 is 10.8 Å². The molecule has 0 aliphatic carbocycles. The second-order valence-corrected chi connectivity index (χ2v) is 7.03. The molecule has 1 N–H and O–H groups in total. The minimum Gasteiger partial charge on any atom is -0.364 e. The standard InChI is InChI=1S/C22H27N3O5/c1-4-16(14-25-21(28)23(5-2)20(27)24(6-3)22(25)29)30-19(26)18-13-9-11-15-10-7-8-12-17(15)18/h7-13,16,19,26H,4-6,14H2,1-3H3. The molecule has 0 saturated carbocycles. The van der Waals surface area contributed by atoms with Gasteiger partial charge in [-0.05, 0) is 31.0 Å². The molecule has 0 fully saturated rings. The Hall–Kier alpha value is -2.97. The minimum atomic E-state index is -1.22. The number of hydrogen-bond donors (Lipinski definition) is 1. The Balaban J connectivity index is 1.94. The Morgan fingerprint density at radius 2 is 1.40 bits per heavy atom. The Labute approximate surface area is 173 Å². The van der Waals surface area contributed by atoms with Crippen LogP contribution in [0.4, 0.5) is 0 Å². The van der Waals surface area contributed by atoms with Crippen molar-refractivity contribution in [2.75, 3.05) is 0 Å². The number of aliphatic hydroxyl groups is 1. The van der Waals surface area contributed by atoms with Crippen molar-refractivity contribution in [1.29, 1.82) is 0 Å². The first-order valence-electron chi connectivity index (χ1n) is 10.2. The number of aliphatic hydroxyl groups excluding tert-OH is 1. The van der Waals surface area contributed by atoms with Crippen molar-refractivity contribution in [1.82, 2.24) is 13.7 Å². The molecule has 0 aliphatic heterocycles. The van der Waals surface area contributed by atoms with Crippen molar-refractivity contribution in [2.45, 2.75) is 59.2 Å². The molecule has 1 heterocycles. The lowest BCUT2D eigenvalue weighted by molar-refractivity contribution is -0.144. The molecule has 0 saturated heterocycles. The zero-order valence-electron chi connectivity index (χ0n) is 17.4. The van der Waals surface area contributed by atoms with E-state index in [0.29, 0.717) is 12.0 Å². The first kappa shape index (κ1) is 21.7. The van der Waals surface area contributed by atoms with Gasteiger partial charge in [0.1, 0.15) is 0 Å². The van der Waals surface area contributed by atoms with Crippen molar-refractivity contribution in [2.24, 2.45) is 0 Å². The summed E-state index contributed by atoms with van der Waals surface area (Å²) in [6.45, 7) is 5.46. The lowest BCUT2D eigenvalue weighted by Crippen LogP contribution is -2.55. The molecule has 8 nitrogen and oxygen atoms in total. The predicted molar refractivity (Wildman–Crippen MR) is 115 cm³/mol. The van der Waals surface area contributed by atoms with Gasteiger partial charge < -0.3 is 9.84 Å². The fourth-order valence-electron chi connectivity index (χ4n) is 3.57. The van der Waals surface area contributed by atoms with E-state index in [9.17, 15) is 19.5 Å². The Morgan fingerprint density at radius 3 is 2.00 bits per heavy atom. The van der Waals surface area contributed by atoms with Gasteiger partial charge in [-0.15, -0.1) is 0 Å². The van der Waals surface area contributed by atoms with Gasteiger partial charge in [-0.25, -0.2) is 28.1 Å². The van der Waals surface area contributed by atoms with Crippen molar-refractivity contribution < 1.29 is 9.84 Å². The Bertz CT molecular complexity index is 1160. The van der Waals surface area contributed by atoms with Crippen LogP contribution in [0.25, 0.3) is 10.8 Å². The molecule has 2 aromatic carbocycles. The zero-order valence-corrected chi connectivity index (χ0v) is 17.4. The number of benzene rings is 2. The second-order valence-electron chi connectivity index (χ2n) is 7.03. The van der Waals surface area contributed by atoms with Crippen molar-refractivity contribution in [3.63, 3.8) is 0 Å². The summed E-state index contributed by atoms with van der Waals surface area (Å²) in [5.41, 5.74) is -1.34. The fraction of sp³-hybridized carbons (Fsp3) is 0.409. The number of aromatic nitrogens is 3. The summed E-state index contributed by atoms with van der Waals surface area (Å²) in [6, 6.07) is 13.2. The fourth-order valence-corrected chi connectivity index (χ4v) is 3.57. The molecule has 30 heavy (non-hydrogen) atoms. The highest BCUT2D eigenvalue weighted by atomic mass is 16.6. The largest absolute Gasteiger partial charge is 0.364 e. The molecule has 0 spiro atoms. The summed E-state index contributed by atoms with van der Waals surface area (Å²) >= 11 is 0. The summed E-state index contributed by atoms with van der Waals surface area (Å²) in [4.78, 5) is 37.7. The number of nitrogens with zero attached hydrogens (tertiary/aromatic N) is 3. The van der Waals surface area contributed by atoms with E-state index in [4.69, 9.17) is 4.74 Å². The molecule has 0 aliphatic rings. The summed E-state index contributed by atoms with van der Waals surface area (Å²) in [6.07, 6.45) is -1.36. The van der Waals surface area contributed by atoms with Gasteiger partial charge in [0.05, 0.1) is 12.6 Å². The van der Waals surface area contributed by atoms with E-state index in [0.717, 1.165) is 24.5 Å². The first-order chi connectivity index (χ1) is 14.4. The number of ether oxygens (including phenoxy) is 1. The third-order valence-electron chi connectivity index (χ3n) is 5.27. The highest BCUT2D eigenvalue weighted by Gasteiger charge is 2.21. The molecule has 3 aromatic rings. The molecule has 0 radical (unpaired) electrons.